The minimum atomic E-state index is -0.0212. The van der Waals surface area contributed by atoms with Gasteiger partial charge in [-0.05, 0) is 43.2 Å². The van der Waals surface area contributed by atoms with Crippen molar-refractivity contribution in [1.82, 2.24) is 9.97 Å². The predicted molar refractivity (Wildman–Crippen MR) is 133 cm³/mol. The lowest BCUT2D eigenvalue weighted by Crippen LogP contribution is -2.22. The molecule has 1 amide bonds. The number of carbonyl (C=O) groups is 2. The van der Waals surface area contributed by atoms with Crippen molar-refractivity contribution < 1.29 is 9.59 Å². The van der Waals surface area contributed by atoms with E-state index in [4.69, 9.17) is 4.98 Å². The third-order valence-electron chi connectivity index (χ3n) is 5.83. The van der Waals surface area contributed by atoms with Crippen molar-refractivity contribution in [2.45, 2.75) is 39.5 Å². The molecule has 0 atom stereocenters. The molecule has 168 valence electrons. The number of aromatic nitrogens is 2. The second-order valence-electron chi connectivity index (χ2n) is 8.36. The fourth-order valence-electron chi connectivity index (χ4n) is 4.14. The fraction of sp³-hybridized carbons (Fsp3) is 0.250. The molecule has 4 aromatic rings. The lowest BCUT2D eigenvalue weighted by atomic mass is 9.97. The lowest BCUT2D eigenvalue weighted by Gasteiger charge is -2.15. The van der Waals surface area contributed by atoms with Crippen LogP contribution in [0.4, 0.5) is 5.69 Å². The zero-order valence-electron chi connectivity index (χ0n) is 19.1. The summed E-state index contributed by atoms with van der Waals surface area (Å²) in [4.78, 5) is 33.5. The number of rotatable bonds is 9. The number of fused-ring (bicyclic) bond motifs is 1. The molecule has 2 N–H and O–H groups in total. The Morgan fingerprint density at radius 2 is 1.64 bits per heavy atom. The number of imidazole rings is 1. The van der Waals surface area contributed by atoms with Gasteiger partial charge in [-0.3, -0.25) is 9.59 Å². The van der Waals surface area contributed by atoms with Crippen molar-refractivity contribution >= 4 is 28.4 Å². The molecular weight excluding hydrogens is 410 g/mol. The summed E-state index contributed by atoms with van der Waals surface area (Å²) in [6.07, 6.45) is 3.78. The van der Waals surface area contributed by atoms with Gasteiger partial charge in [0.15, 0.2) is 5.78 Å². The number of ketones is 1. The van der Waals surface area contributed by atoms with Crippen LogP contribution in [0.2, 0.25) is 0 Å². The highest BCUT2D eigenvalue weighted by Gasteiger charge is 2.17. The van der Waals surface area contributed by atoms with Crippen LogP contribution in [0.3, 0.4) is 0 Å². The molecule has 0 radical (unpaired) electrons. The summed E-state index contributed by atoms with van der Waals surface area (Å²) in [5, 5.41) is 3.07. The van der Waals surface area contributed by atoms with Gasteiger partial charge in [0.2, 0.25) is 5.91 Å². The van der Waals surface area contributed by atoms with Crippen LogP contribution < -0.4 is 5.32 Å². The van der Waals surface area contributed by atoms with E-state index in [0.29, 0.717) is 17.0 Å². The maximum absolute atomic E-state index is 12.8. The van der Waals surface area contributed by atoms with Crippen LogP contribution in [0.5, 0.6) is 0 Å². The quantitative estimate of drug-likeness (QED) is 0.288. The summed E-state index contributed by atoms with van der Waals surface area (Å²) in [5.41, 5.74) is 4.49. The average Bonchev–Trinajstić information content (AvgIpc) is 3.28. The maximum Gasteiger partial charge on any atom is 0.227 e. The van der Waals surface area contributed by atoms with Gasteiger partial charge in [0.25, 0.3) is 0 Å². The summed E-state index contributed by atoms with van der Waals surface area (Å²) in [7, 11) is 0. The van der Waals surface area contributed by atoms with E-state index in [-0.39, 0.29) is 17.6 Å². The van der Waals surface area contributed by atoms with Gasteiger partial charge >= 0.3 is 0 Å². The molecule has 0 aliphatic heterocycles. The summed E-state index contributed by atoms with van der Waals surface area (Å²) < 4.78 is 0. The Morgan fingerprint density at radius 3 is 2.36 bits per heavy atom. The standard InChI is InChI=1S/C28H29N3O2/c1-3-9-20(10-4-2)28(33)29-23-14-8-13-22(17-23)27-30-24-16-15-21(18-25(24)31-27)26(32)19-11-6-5-7-12-19/h5-8,11-18,20H,3-4,9-10H2,1-2H3,(H,29,33)(H,30,31). The molecule has 0 aliphatic rings. The third kappa shape index (κ3) is 5.20. The lowest BCUT2D eigenvalue weighted by molar-refractivity contribution is -0.120. The van der Waals surface area contributed by atoms with E-state index in [1.54, 1.807) is 6.07 Å². The topological polar surface area (TPSA) is 74.8 Å². The molecule has 1 aromatic heterocycles. The van der Waals surface area contributed by atoms with Gasteiger partial charge in [0.05, 0.1) is 11.0 Å². The monoisotopic (exact) mass is 439 g/mol. The Labute approximate surface area is 194 Å². The number of nitrogens with one attached hydrogen (secondary N) is 2. The number of hydrogen-bond acceptors (Lipinski definition) is 3. The maximum atomic E-state index is 12.8. The van der Waals surface area contributed by atoms with Crippen LogP contribution >= 0.6 is 0 Å². The van der Waals surface area contributed by atoms with Crippen LogP contribution in [0, 0.1) is 5.92 Å². The Kier molecular flexibility index (Phi) is 6.98. The first kappa shape index (κ1) is 22.5. The molecule has 5 nitrogen and oxygen atoms in total. The number of nitrogens with zero attached hydrogens (tertiary/aromatic N) is 1. The zero-order valence-corrected chi connectivity index (χ0v) is 19.1. The molecule has 0 saturated carbocycles. The number of aromatic amines is 1. The molecule has 0 bridgehead atoms. The second kappa shape index (κ2) is 10.3. The number of amides is 1. The van der Waals surface area contributed by atoms with Gasteiger partial charge in [-0.2, -0.15) is 0 Å². The summed E-state index contributed by atoms with van der Waals surface area (Å²) >= 11 is 0. The van der Waals surface area contributed by atoms with E-state index in [2.05, 4.69) is 24.1 Å². The molecule has 0 saturated heterocycles. The number of anilines is 1. The van der Waals surface area contributed by atoms with Gasteiger partial charge in [0, 0.05) is 28.3 Å². The minimum Gasteiger partial charge on any atom is -0.338 e. The number of H-pyrrole nitrogens is 1. The highest BCUT2D eigenvalue weighted by molar-refractivity contribution is 6.10. The SMILES string of the molecule is CCCC(CCC)C(=O)Nc1cccc(-c2nc3ccc(C(=O)c4ccccc4)cc3[nH]2)c1. The Bertz CT molecular complexity index is 1250. The van der Waals surface area contributed by atoms with Crippen LogP contribution in [0.1, 0.15) is 55.5 Å². The molecule has 1 heterocycles. The summed E-state index contributed by atoms with van der Waals surface area (Å²) in [6, 6.07) is 22.5. The largest absolute Gasteiger partial charge is 0.338 e. The Morgan fingerprint density at radius 1 is 0.879 bits per heavy atom. The smallest absolute Gasteiger partial charge is 0.227 e. The van der Waals surface area contributed by atoms with Crippen molar-refractivity contribution in [3.05, 3.63) is 83.9 Å². The average molecular weight is 440 g/mol. The van der Waals surface area contributed by atoms with E-state index in [1.807, 2.05) is 66.7 Å². The van der Waals surface area contributed by atoms with Crippen molar-refractivity contribution in [2.75, 3.05) is 5.32 Å². The molecule has 0 fully saturated rings. The first-order valence-corrected chi connectivity index (χ1v) is 11.6. The fourth-order valence-corrected chi connectivity index (χ4v) is 4.14. The molecule has 4 rings (SSSR count). The molecule has 0 spiro atoms. The predicted octanol–water partition coefficient (Wildman–Crippen LogP) is 6.62. The molecule has 33 heavy (non-hydrogen) atoms. The van der Waals surface area contributed by atoms with E-state index in [9.17, 15) is 9.59 Å². The summed E-state index contributed by atoms with van der Waals surface area (Å²) in [5.74, 6) is 0.788. The number of carbonyl (C=O) groups excluding carboxylic acids is 2. The van der Waals surface area contributed by atoms with Crippen LogP contribution in [-0.2, 0) is 4.79 Å². The second-order valence-corrected chi connectivity index (χ2v) is 8.36. The third-order valence-corrected chi connectivity index (χ3v) is 5.83. The molecular formula is C28H29N3O2. The van der Waals surface area contributed by atoms with Gasteiger partial charge in [-0.15, -0.1) is 0 Å². The Hall–Kier alpha value is -3.73. The normalized spacial score (nSPS) is 11.1. The van der Waals surface area contributed by atoms with E-state index < -0.39 is 0 Å². The molecule has 0 aliphatic carbocycles. The number of benzene rings is 3. The van der Waals surface area contributed by atoms with Crippen LogP contribution in [-0.4, -0.2) is 21.7 Å². The van der Waals surface area contributed by atoms with Gasteiger partial charge in [-0.25, -0.2) is 4.98 Å². The van der Waals surface area contributed by atoms with Crippen LogP contribution in [0.25, 0.3) is 22.4 Å². The van der Waals surface area contributed by atoms with Gasteiger partial charge < -0.3 is 10.3 Å². The number of hydrogen-bond donors (Lipinski definition) is 2. The van der Waals surface area contributed by atoms with E-state index in [1.165, 1.54) is 0 Å². The van der Waals surface area contributed by atoms with Crippen molar-refractivity contribution in [2.24, 2.45) is 5.92 Å². The minimum absolute atomic E-state index is 0.0212. The highest BCUT2D eigenvalue weighted by atomic mass is 16.2. The van der Waals surface area contributed by atoms with Gasteiger partial charge in [-0.1, -0.05) is 69.2 Å². The van der Waals surface area contributed by atoms with Crippen molar-refractivity contribution in [3.63, 3.8) is 0 Å². The highest BCUT2D eigenvalue weighted by Crippen LogP contribution is 2.25. The first-order valence-electron chi connectivity index (χ1n) is 11.6. The van der Waals surface area contributed by atoms with E-state index >= 15 is 0 Å². The van der Waals surface area contributed by atoms with E-state index in [0.717, 1.165) is 48.0 Å². The van der Waals surface area contributed by atoms with Crippen LogP contribution in [0.15, 0.2) is 72.8 Å². The Balaban J connectivity index is 1.57. The van der Waals surface area contributed by atoms with Crippen molar-refractivity contribution in [3.8, 4) is 11.4 Å². The summed E-state index contributed by atoms with van der Waals surface area (Å²) in [6.45, 7) is 4.22. The van der Waals surface area contributed by atoms with Crippen molar-refractivity contribution in [1.29, 1.82) is 0 Å². The molecule has 5 heteroatoms. The van der Waals surface area contributed by atoms with Gasteiger partial charge in [0.1, 0.15) is 5.82 Å². The zero-order chi connectivity index (χ0) is 23.2. The molecule has 3 aromatic carbocycles. The first-order chi connectivity index (χ1) is 16.1. The molecule has 0 unspecified atom stereocenters.